The van der Waals surface area contributed by atoms with Gasteiger partial charge in [0.1, 0.15) is 0 Å². The topological polar surface area (TPSA) is 42.2 Å². The van der Waals surface area contributed by atoms with Crippen LogP contribution in [0.4, 0.5) is 0 Å². The maximum Gasteiger partial charge on any atom is 0.162 e. The molecule has 0 aliphatic heterocycles. The van der Waals surface area contributed by atoms with Crippen molar-refractivity contribution in [2.75, 3.05) is 7.11 Å². The largest absolute Gasteiger partial charge is 0.493 e. The summed E-state index contributed by atoms with van der Waals surface area (Å²) in [6.07, 6.45) is 7.47. The van der Waals surface area contributed by atoms with Crippen molar-refractivity contribution in [2.45, 2.75) is 38.2 Å². The van der Waals surface area contributed by atoms with Crippen LogP contribution >= 0.6 is 0 Å². The van der Waals surface area contributed by atoms with Crippen LogP contribution in [-0.4, -0.2) is 13.2 Å². The molecule has 0 radical (unpaired) electrons. The van der Waals surface area contributed by atoms with E-state index in [9.17, 15) is 5.26 Å². The summed E-state index contributed by atoms with van der Waals surface area (Å²) >= 11 is 0. The van der Waals surface area contributed by atoms with E-state index < -0.39 is 0 Å². The molecule has 2 aromatic rings. The van der Waals surface area contributed by atoms with Gasteiger partial charge in [-0.3, -0.25) is 0 Å². The van der Waals surface area contributed by atoms with Crippen molar-refractivity contribution >= 4 is 6.08 Å². The molecule has 0 aromatic heterocycles. The average Bonchev–Trinajstić information content (AvgIpc) is 3.15. The monoisotopic (exact) mass is 333 g/mol. The highest BCUT2D eigenvalue weighted by atomic mass is 16.5. The van der Waals surface area contributed by atoms with Gasteiger partial charge in [-0.1, -0.05) is 36.4 Å². The van der Waals surface area contributed by atoms with Crippen molar-refractivity contribution in [3.05, 3.63) is 65.2 Å². The lowest BCUT2D eigenvalue weighted by molar-refractivity contribution is 0.201. The van der Waals surface area contributed by atoms with Crippen LogP contribution in [0.3, 0.4) is 0 Å². The Kier molecular flexibility index (Phi) is 5.74. The maximum absolute atomic E-state index is 9.47. The third-order valence-electron chi connectivity index (χ3n) is 4.51. The number of methoxy groups -OCH3 is 1. The summed E-state index contributed by atoms with van der Waals surface area (Å²) in [4.78, 5) is 0. The first-order chi connectivity index (χ1) is 12.3. The summed E-state index contributed by atoms with van der Waals surface area (Å²) in [6.45, 7) is 0. The molecule has 1 aliphatic rings. The molecule has 1 aliphatic carbocycles. The summed E-state index contributed by atoms with van der Waals surface area (Å²) in [5.74, 6) is 1.51. The van der Waals surface area contributed by atoms with Crippen molar-refractivity contribution in [3.8, 4) is 17.6 Å². The van der Waals surface area contributed by atoms with Gasteiger partial charge in [0.25, 0.3) is 0 Å². The molecule has 3 heteroatoms. The van der Waals surface area contributed by atoms with E-state index in [0.717, 1.165) is 41.0 Å². The lowest BCUT2D eigenvalue weighted by atomic mass is 10.0. The molecule has 0 N–H and O–H groups in total. The minimum Gasteiger partial charge on any atom is -0.493 e. The highest BCUT2D eigenvalue weighted by Gasteiger charge is 2.18. The first-order valence-electron chi connectivity index (χ1n) is 8.78. The Balaban J connectivity index is 1.81. The van der Waals surface area contributed by atoms with E-state index >= 15 is 0 Å². The number of hydrogen-bond donors (Lipinski definition) is 0. The second-order valence-corrected chi connectivity index (χ2v) is 6.38. The van der Waals surface area contributed by atoms with Crippen molar-refractivity contribution in [1.82, 2.24) is 0 Å². The van der Waals surface area contributed by atoms with Gasteiger partial charge in [0, 0.05) is 12.0 Å². The number of nitrogens with zero attached hydrogens (tertiary/aromatic N) is 1. The van der Waals surface area contributed by atoms with E-state index in [2.05, 4.69) is 6.07 Å². The molecule has 1 saturated carbocycles. The van der Waals surface area contributed by atoms with E-state index in [1.165, 1.54) is 12.8 Å². The molecule has 1 fully saturated rings. The van der Waals surface area contributed by atoms with Crippen LogP contribution in [0.1, 0.15) is 36.8 Å². The van der Waals surface area contributed by atoms with E-state index in [1.807, 2.05) is 54.6 Å². The highest BCUT2D eigenvalue weighted by Crippen LogP contribution is 2.33. The van der Waals surface area contributed by atoms with E-state index in [-0.39, 0.29) is 6.10 Å². The van der Waals surface area contributed by atoms with Crippen LogP contribution in [0.2, 0.25) is 0 Å². The molecule has 2 aromatic carbocycles. The third-order valence-corrected chi connectivity index (χ3v) is 4.51. The van der Waals surface area contributed by atoms with Crippen LogP contribution in [0, 0.1) is 11.3 Å². The highest BCUT2D eigenvalue weighted by molar-refractivity contribution is 5.61. The minimum absolute atomic E-state index is 0.271. The summed E-state index contributed by atoms with van der Waals surface area (Å²) in [6, 6.07) is 18.2. The Morgan fingerprint density at radius 2 is 1.88 bits per heavy atom. The summed E-state index contributed by atoms with van der Waals surface area (Å²) in [7, 11) is 1.66. The van der Waals surface area contributed by atoms with E-state index in [0.29, 0.717) is 6.42 Å². The normalized spacial score (nSPS) is 15.0. The van der Waals surface area contributed by atoms with Gasteiger partial charge in [0.2, 0.25) is 0 Å². The fourth-order valence-electron chi connectivity index (χ4n) is 3.20. The van der Waals surface area contributed by atoms with Gasteiger partial charge in [-0.25, -0.2) is 0 Å². The molecular weight excluding hydrogens is 310 g/mol. The standard InChI is InChI=1S/C22H23NO2/c1-24-21-12-11-18(15-22(21)25-20-9-5-6-10-20)14-19(16-23)13-17-7-3-2-4-8-17/h2-4,7-8,11-12,14-15,20H,5-6,9-10,13H2,1H3. The number of hydrogen-bond acceptors (Lipinski definition) is 3. The predicted molar refractivity (Wildman–Crippen MR) is 99.6 cm³/mol. The summed E-state index contributed by atoms with van der Waals surface area (Å²) in [5, 5.41) is 9.47. The Labute approximate surface area is 149 Å². The van der Waals surface area contributed by atoms with Crippen molar-refractivity contribution in [2.24, 2.45) is 0 Å². The third kappa shape index (κ3) is 4.64. The first kappa shape index (κ1) is 17.1. The van der Waals surface area contributed by atoms with Crippen LogP contribution in [-0.2, 0) is 6.42 Å². The molecule has 128 valence electrons. The molecule has 3 nitrogen and oxygen atoms in total. The summed E-state index contributed by atoms with van der Waals surface area (Å²) in [5.41, 5.74) is 2.82. The second-order valence-electron chi connectivity index (χ2n) is 6.38. The number of rotatable bonds is 6. The molecular formula is C22H23NO2. The Bertz CT molecular complexity index is 768. The van der Waals surface area contributed by atoms with Crippen LogP contribution in [0.25, 0.3) is 6.08 Å². The molecule has 0 bridgehead atoms. The Morgan fingerprint density at radius 3 is 2.56 bits per heavy atom. The fourth-order valence-corrected chi connectivity index (χ4v) is 3.20. The Morgan fingerprint density at radius 1 is 1.12 bits per heavy atom. The van der Waals surface area contributed by atoms with Gasteiger partial charge in [-0.15, -0.1) is 0 Å². The van der Waals surface area contributed by atoms with E-state index in [1.54, 1.807) is 7.11 Å². The van der Waals surface area contributed by atoms with Crippen molar-refractivity contribution in [1.29, 1.82) is 5.26 Å². The van der Waals surface area contributed by atoms with Gasteiger partial charge in [-0.2, -0.15) is 5.26 Å². The number of allylic oxidation sites excluding steroid dienone is 1. The molecule has 3 rings (SSSR count). The van der Waals surface area contributed by atoms with Crippen molar-refractivity contribution in [3.63, 3.8) is 0 Å². The quantitative estimate of drug-likeness (QED) is 0.685. The van der Waals surface area contributed by atoms with Crippen LogP contribution < -0.4 is 9.47 Å². The average molecular weight is 333 g/mol. The zero-order valence-corrected chi connectivity index (χ0v) is 14.6. The maximum atomic E-state index is 9.47. The van der Waals surface area contributed by atoms with Gasteiger partial charge >= 0.3 is 0 Å². The zero-order chi connectivity index (χ0) is 17.5. The van der Waals surface area contributed by atoms with Gasteiger partial charge in [0.05, 0.1) is 19.3 Å². The first-order valence-corrected chi connectivity index (χ1v) is 8.78. The van der Waals surface area contributed by atoms with Crippen LogP contribution in [0.5, 0.6) is 11.5 Å². The molecule has 25 heavy (non-hydrogen) atoms. The molecule has 0 amide bonds. The molecule has 0 heterocycles. The van der Waals surface area contributed by atoms with E-state index in [4.69, 9.17) is 9.47 Å². The molecule has 0 saturated heterocycles. The SMILES string of the molecule is COc1ccc(C=C(C#N)Cc2ccccc2)cc1OC1CCCC1. The van der Waals surface area contributed by atoms with Crippen LogP contribution in [0.15, 0.2) is 54.1 Å². The fraction of sp³-hybridized carbons (Fsp3) is 0.318. The predicted octanol–water partition coefficient (Wildman–Crippen LogP) is 5.17. The number of nitriles is 1. The van der Waals surface area contributed by atoms with Gasteiger partial charge in [0.15, 0.2) is 11.5 Å². The Hall–Kier alpha value is -2.73. The molecule has 0 spiro atoms. The minimum atomic E-state index is 0.271. The van der Waals surface area contributed by atoms with Crippen molar-refractivity contribution < 1.29 is 9.47 Å². The summed E-state index contributed by atoms with van der Waals surface area (Å²) < 4.78 is 11.6. The lowest BCUT2D eigenvalue weighted by Gasteiger charge is -2.16. The number of benzene rings is 2. The van der Waals surface area contributed by atoms with Gasteiger partial charge < -0.3 is 9.47 Å². The zero-order valence-electron chi connectivity index (χ0n) is 14.6. The smallest absolute Gasteiger partial charge is 0.162 e. The van der Waals surface area contributed by atoms with Gasteiger partial charge in [-0.05, 0) is 55.0 Å². The second kappa shape index (κ2) is 8.39. The molecule has 0 atom stereocenters. The lowest BCUT2D eigenvalue weighted by Crippen LogP contribution is -2.11. The molecule has 0 unspecified atom stereocenters. The number of ether oxygens (including phenoxy) is 2.